The summed E-state index contributed by atoms with van der Waals surface area (Å²) in [5.41, 5.74) is 3.75. The molecule has 0 bridgehead atoms. The average molecular weight is 279 g/mol. The van der Waals surface area contributed by atoms with Crippen molar-refractivity contribution in [2.45, 2.75) is 13.0 Å². The van der Waals surface area contributed by atoms with Gasteiger partial charge in [-0.25, -0.2) is 0 Å². The number of hydrogen-bond donors (Lipinski definition) is 1. The monoisotopic (exact) mass is 279 g/mol. The molecular weight excluding hydrogens is 262 g/mol. The molecule has 0 aliphatic rings. The number of rotatable bonds is 6. The Labute approximate surface area is 123 Å². The van der Waals surface area contributed by atoms with Crippen LogP contribution in [0.25, 0.3) is 11.1 Å². The fourth-order valence-corrected chi connectivity index (χ4v) is 2.18. The molecule has 0 aliphatic carbocycles. The van der Waals surface area contributed by atoms with Gasteiger partial charge in [0.15, 0.2) is 6.33 Å². The highest BCUT2D eigenvalue weighted by atomic mass is 16.5. The summed E-state index contributed by atoms with van der Waals surface area (Å²) in [5.74, 6) is 0.668. The van der Waals surface area contributed by atoms with Gasteiger partial charge in [-0.15, -0.1) is 0 Å². The summed E-state index contributed by atoms with van der Waals surface area (Å²) in [6.07, 6.45) is 2.18. The van der Waals surface area contributed by atoms with Crippen molar-refractivity contribution >= 4 is 0 Å². The molecule has 0 amide bonds. The van der Waals surface area contributed by atoms with Crippen molar-refractivity contribution in [1.82, 2.24) is 15.5 Å². The van der Waals surface area contributed by atoms with Gasteiger partial charge in [0.2, 0.25) is 5.89 Å². The molecule has 0 saturated heterocycles. The van der Waals surface area contributed by atoms with Crippen molar-refractivity contribution < 1.29 is 4.52 Å². The zero-order chi connectivity index (χ0) is 14.3. The predicted octanol–water partition coefficient (Wildman–Crippen LogP) is 3.07. The number of benzene rings is 2. The molecule has 4 heteroatoms. The van der Waals surface area contributed by atoms with Gasteiger partial charge in [-0.2, -0.15) is 4.98 Å². The first-order valence-electron chi connectivity index (χ1n) is 7.02. The number of nitrogens with zero attached hydrogens (tertiary/aromatic N) is 2. The van der Waals surface area contributed by atoms with E-state index in [9.17, 15) is 0 Å². The quantitative estimate of drug-likeness (QED) is 0.705. The first kappa shape index (κ1) is 13.5. The molecule has 4 nitrogen and oxygen atoms in total. The van der Waals surface area contributed by atoms with Crippen LogP contribution in [-0.2, 0) is 13.0 Å². The summed E-state index contributed by atoms with van der Waals surface area (Å²) in [6, 6.07) is 19.0. The highest BCUT2D eigenvalue weighted by Gasteiger charge is 2.00. The van der Waals surface area contributed by atoms with E-state index in [1.807, 2.05) is 6.07 Å². The van der Waals surface area contributed by atoms with E-state index >= 15 is 0 Å². The van der Waals surface area contributed by atoms with E-state index < -0.39 is 0 Å². The van der Waals surface area contributed by atoms with Gasteiger partial charge in [0.1, 0.15) is 0 Å². The molecule has 0 aliphatic heterocycles. The van der Waals surface area contributed by atoms with Gasteiger partial charge in [-0.05, 0) is 16.7 Å². The lowest BCUT2D eigenvalue weighted by Gasteiger charge is -2.05. The molecule has 2 aromatic carbocycles. The second-order valence-corrected chi connectivity index (χ2v) is 4.82. The Kier molecular flexibility index (Phi) is 4.39. The van der Waals surface area contributed by atoms with Gasteiger partial charge < -0.3 is 9.84 Å². The Bertz CT molecular complexity index is 648. The topological polar surface area (TPSA) is 51.0 Å². The molecule has 3 aromatic rings. The molecule has 3 rings (SSSR count). The van der Waals surface area contributed by atoms with Crippen molar-refractivity contribution in [2.75, 3.05) is 6.54 Å². The third-order valence-electron chi connectivity index (χ3n) is 3.31. The molecule has 1 heterocycles. The summed E-state index contributed by atoms with van der Waals surface area (Å²) in [5, 5.41) is 6.96. The maximum atomic E-state index is 4.95. The van der Waals surface area contributed by atoms with Crippen LogP contribution in [-0.4, -0.2) is 16.7 Å². The molecule has 1 N–H and O–H groups in total. The maximum absolute atomic E-state index is 4.95. The Morgan fingerprint density at radius 1 is 0.905 bits per heavy atom. The molecule has 106 valence electrons. The summed E-state index contributed by atoms with van der Waals surface area (Å²) in [7, 11) is 0. The first-order chi connectivity index (χ1) is 10.4. The van der Waals surface area contributed by atoms with E-state index in [1.165, 1.54) is 23.0 Å². The third kappa shape index (κ3) is 3.77. The molecule has 0 saturated carbocycles. The first-order valence-corrected chi connectivity index (χ1v) is 7.02. The Balaban J connectivity index is 1.50. The summed E-state index contributed by atoms with van der Waals surface area (Å²) < 4.78 is 4.95. The van der Waals surface area contributed by atoms with Gasteiger partial charge in [-0.1, -0.05) is 59.8 Å². The van der Waals surface area contributed by atoms with Gasteiger partial charge in [0, 0.05) is 19.5 Å². The van der Waals surface area contributed by atoms with E-state index in [2.05, 4.69) is 64.0 Å². The zero-order valence-corrected chi connectivity index (χ0v) is 11.7. The summed E-state index contributed by atoms with van der Waals surface area (Å²) >= 11 is 0. The summed E-state index contributed by atoms with van der Waals surface area (Å²) in [4.78, 5) is 3.99. The van der Waals surface area contributed by atoms with Gasteiger partial charge in [0.25, 0.3) is 0 Å². The van der Waals surface area contributed by atoms with E-state index in [1.54, 1.807) is 0 Å². The largest absolute Gasteiger partial charge is 0.340 e. The molecule has 0 unspecified atom stereocenters. The molecule has 21 heavy (non-hydrogen) atoms. The highest BCUT2D eigenvalue weighted by Crippen LogP contribution is 2.19. The van der Waals surface area contributed by atoms with Gasteiger partial charge in [-0.3, -0.25) is 0 Å². The fourth-order valence-electron chi connectivity index (χ4n) is 2.18. The maximum Gasteiger partial charge on any atom is 0.227 e. The van der Waals surface area contributed by atoms with Crippen LogP contribution < -0.4 is 5.32 Å². The van der Waals surface area contributed by atoms with Crippen LogP contribution >= 0.6 is 0 Å². The van der Waals surface area contributed by atoms with Crippen LogP contribution in [0.5, 0.6) is 0 Å². The normalized spacial score (nSPS) is 10.7. The van der Waals surface area contributed by atoms with Crippen molar-refractivity contribution in [3.05, 3.63) is 72.4 Å². The van der Waals surface area contributed by atoms with Crippen LogP contribution in [0.2, 0.25) is 0 Å². The molecule has 0 fully saturated rings. The van der Waals surface area contributed by atoms with E-state index in [-0.39, 0.29) is 0 Å². The number of aromatic nitrogens is 2. The van der Waals surface area contributed by atoms with Gasteiger partial charge >= 0.3 is 0 Å². The smallest absolute Gasteiger partial charge is 0.227 e. The highest BCUT2D eigenvalue weighted by molar-refractivity contribution is 5.63. The molecule has 1 aromatic heterocycles. The predicted molar refractivity (Wildman–Crippen MR) is 81.6 cm³/mol. The second-order valence-electron chi connectivity index (χ2n) is 4.82. The molecule has 0 spiro atoms. The number of nitrogens with one attached hydrogen (secondary N) is 1. The zero-order valence-electron chi connectivity index (χ0n) is 11.7. The SMILES string of the molecule is c1ccc(-c2ccc(CNCCc3ncno3)cc2)cc1. The van der Waals surface area contributed by atoms with Crippen molar-refractivity contribution in [1.29, 1.82) is 0 Å². The molecular formula is C17H17N3O. The summed E-state index contributed by atoms with van der Waals surface area (Å²) in [6.45, 7) is 1.66. The number of hydrogen-bond acceptors (Lipinski definition) is 4. The lowest BCUT2D eigenvalue weighted by atomic mass is 10.0. The second kappa shape index (κ2) is 6.81. The van der Waals surface area contributed by atoms with Crippen LogP contribution in [0.1, 0.15) is 11.5 Å². The Morgan fingerprint density at radius 2 is 1.67 bits per heavy atom. The van der Waals surface area contributed by atoms with E-state index in [0.717, 1.165) is 19.5 Å². The Morgan fingerprint density at radius 3 is 2.38 bits per heavy atom. The average Bonchev–Trinajstić information content (AvgIpc) is 3.06. The van der Waals surface area contributed by atoms with Crippen LogP contribution in [0, 0.1) is 0 Å². The van der Waals surface area contributed by atoms with E-state index in [0.29, 0.717) is 5.89 Å². The lowest BCUT2D eigenvalue weighted by molar-refractivity contribution is 0.375. The minimum atomic E-state index is 0.668. The standard InChI is InChI=1S/C17H17N3O/c1-2-4-15(5-3-1)16-8-6-14(7-9-16)12-18-11-10-17-19-13-20-21-17/h1-9,13,18H,10-12H2. The molecule has 0 atom stereocenters. The van der Waals surface area contributed by atoms with E-state index in [4.69, 9.17) is 4.52 Å². The van der Waals surface area contributed by atoms with Crippen LogP contribution in [0.4, 0.5) is 0 Å². The molecule has 0 radical (unpaired) electrons. The van der Waals surface area contributed by atoms with Crippen molar-refractivity contribution in [3.8, 4) is 11.1 Å². The van der Waals surface area contributed by atoms with Gasteiger partial charge in [0.05, 0.1) is 0 Å². The Hall–Kier alpha value is -2.46. The minimum Gasteiger partial charge on any atom is -0.340 e. The fraction of sp³-hybridized carbons (Fsp3) is 0.176. The minimum absolute atomic E-state index is 0.668. The van der Waals surface area contributed by atoms with Crippen LogP contribution in [0.15, 0.2) is 65.4 Å². The third-order valence-corrected chi connectivity index (χ3v) is 3.31. The van der Waals surface area contributed by atoms with Crippen molar-refractivity contribution in [3.63, 3.8) is 0 Å². The van der Waals surface area contributed by atoms with Crippen molar-refractivity contribution in [2.24, 2.45) is 0 Å². The van der Waals surface area contributed by atoms with Crippen LogP contribution in [0.3, 0.4) is 0 Å². The lowest BCUT2D eigenvalue weighted by Crippen LogP contribution is -2.16.